The molecule has 0 aliphatic heterocycles. The molecular formula is C30H37N3OS. The van der Waals surface area contributed by atoms with Gasteiger partial charge in [-0.3, -0.25) is 4.99 Å². The van der Waals surface area contributed by atoms with E-state index < -0.39 is 0 Å². The van der Waals surface area contributed by atoms with E-state index in [0.29, 0.717) is 0 Å². The molecule has 0 unspecified atom stereocenters. The number of nitrogens with zero attached hydrogens (tertiary/aromatic N) is 2. The Bertz CT molecular complexity index is 1190. The molecule has 2 aromatic carbocycles. The number of hydrogen-bond acceptors (Lipinski definition) is 4. The van der Waals surface area contributed by atoms with Crippen molar-refractivity contribution in [2.24, 2.45) is 22.7 Å². The van der Waals surface area contributed by atoms with E-state index in [4.69, 9.17) is 9.73 Å². The Hall–Kier alpha value is -2.53. The largest absolute Gasteiger partial charge is 0.457 e. The Kier molecular flexibility index (Phi) is 6.21. The second-order valence-electron chi connectivity index (χ2n) is 11.1. The number of nitrogens with one attached hydrogen (secondary N) is 1. The Morgan fingerprint density at radius 1 is 0.943 bits per heavy atom. The Labute approximate surface area is 213 Å². The van der Waals surface area contributed by atoms with Gasteiger partial charge in [0, 0.05) is 36.3 Å². The van der Waals surface area contributed by atoms with Gasteiger partial charge >= 0.3 is 0 Å². The zero-order chi connectivity index (χ0) is 23.8. The Morgan fingerprint density at radius 3 is 2.14 bits per heavy atom. The average molecular weight is 488 g/mol. The second-order valence-corrected chi connectivity index (χ2v) is 12.0. The first-order valence-corrected chi connectivity index (χ1v) is 14.3. The topological polar surface area (TPSA) is 38.5 Å². The van der Waals surface area contributed by atoms with Crippen molar-refractivity contribution in [1.29, 1.82) is 0 Å². The molecule has 1 N–H and O–H groups in total. The van der Waals surface area contributed by atoms with Gasteiger partial charge in [-0.25, -0.2) is 0 Å². The van der Waals surface area contributed by atoms with Crippen molar-refractivity contribution in [2.45, 2.75) is 70.9 Å². The van der Waals surface area contributed by atoms with Crippen LogP contribution in [-0.4, -0.2) is 16.7 Å². The number of benzene rings is 2. The first kappa shape index (κ1) is 22.9. The molecule has 3 aromatic rings. The van der Waals surface area contributed by atoms with Crippen LogP contribution >= 0.6 is 11.3 Å². The normalized spacial score (nSPS) is 27.4. The molecule has 4 fully saturated rings. The van der Waals surface area contributed by atoms with Gasteiger partial charge in [0.2, 0.25) is 0 Å². The molecule has 4 bridgehead atoms. The number of ether oxygens (including phenoxy) is 1. The first-order chi connectivity index (χ1) is 17.1. The molecule has 1 heterocycles. The summed E-state index contributed by atoms with van der Waals surface area (Å²) in [5.41, 5.74) is 4.00. The number of thiazole rings is 1. The zero-order valence-corrected chi connectivity index (χ0v) is 21.8. The molecule has 7 rings (SSSR count). The fraction of sp³-hybridized carbons (Fsp3) is 0.500. The molecule has 4 nitrogen and oxygen atoms in total. The van der Waals surface area contributed by atoms with Crippen molar-refractivity contribution >= 4 is 17.0 Å². The predicted molar refractivity (Wildman–Crippen MR) is 144 cm³/mol. The molecule has 184 valence electrons. The zero-order valence-electron chi connectivity index (χ0n) is 21.0. The van der Waals surface area contributed by atoms with Crippen LogP contribution in [0.1, 0.15) is 56.7 Å². The Morgan fingerprint density at radius 2 is 1.54 bits per heavy atom. The van der Waals surface area contributed by atoms with E-state index in [0.717, 1.165) is 54.5 Å². The number of aromatic nitrogens is 1. The van der Waals surface area contributed by atoms with Crippen LogP contribution in [0.15, 0.2) is 58.9 Å². The summed E-state index contributed by atoms with van der Waals surface area (Å²) in [4.78, 5) is 6.76. The molecule has 5 heteroatoms. The molecule has 4 aliphatic carbocycles. The molecule has 4 saturated carbocycles. The number of aryl methyl sites for hydroxylation is 1. The summed E-state index contributed by atoms with van der Waals surface area (Å²) in [6.07, 6.45) is 9.43. The van der Waals surface area contributed by atoms with E-state index in [2.05, 4.69) is 53.4 Å². The lowest BCUT2D eigenvalue weighted by Crippen LogP contribution is -2.50. The lowest BCUT2D eigenvalue weighted by molar-refractivity contribution is -0.000398. The van der Waals surface area contributed by atoms with Crippen molar-refractivity contribution in [2.75, 3.05) is 11.9 Å². The quantitative estimate of drug-likeness (QED) is 0.365. The van der Waals surface area contributed by atoms with Crippen molar-refractivity contribution in [3.63, 3.8) is 0 Å². The molecular weight excluding hydrogens is 450 g/mol. The maximum absolute atomic E-state index is 5.95. The third-order valence-electron chi connectivity index (χ3n) is 8.35. The third kappa shape index (κ3) is 4.93. The molecule has 0 spiro atoms. The minimum absolute atomic E-state index is 0.244. The maximum Gasteiger partial charge on any atom is 0.185 e. The number of hydrogen-bond donors (Lipinski definition) is 1. The van der Waals surface area contributed by atoms with Gasteiger partial charge < -0.3 is 14.6 Å². The standard InChI is InChI=1S/C30H37N3OS/c1-3-33-26(20-35-29(33)32-30-17-22-14-23(18-30)16-24(15-22)19-30)12-13-31-25-6-10-28(11-7-25)34-27-8-4-21(2)5-9-27/h4-11,20,22-24,31H,3,12-19H2,1-2H3. The van der Waals surface area contributed by atoms with Gasteiger partial charge in [0.15, 0.2) is 4.80 Å². The molecule has 4 aliphatic rings. The maximum atomic E-state index is 5.95. The summed E-state index contributed by atoms with van der Waals surface area (Å²) >= 11 is 1.85. The van der Waals surface area contributed by atoms with Gasteiger partial charge in [-0.05, 0) is 107 Å². The summed E-state index contributed by atoms with van der Waals surface area (Å²) < 4.78 is 8.42. The minimum atomic E-state index is 0.244. The van der Waals surface area contributed by atoms with E-state index in [1.807, 2.05) is 35.6 Å². The highest BCUT2D eigenvalue weighted by molar-refractivity contribution is 7.07. The summed E-state index contributed by atoms with van der Waals surface area (Å²) in [5.74, 6) is 4.55. The van der Waals surface area contributed by atoms with Crippen LogP contribution in [0.3, 0.4) is 0 Å². The van der Waals surface area contributed by atoms with Crippen molar-refractivity contribution in [3.05, 3.63) is 70.0 Å². The smallest absolute Gasteiger partial charge is 0.185 e. The lowest BCUT2D eigenvalue weighted by Gasteiger charge is -2.54. The highest BCUT2D eigenvalue weighted by Crippen LogP contribution is 2.57. The summed E-state index contributed by atoms with van der Waals surface area (Å²) in [6, 6.07) is 16.4. The van der Waals surface area contributed by atoms with Crippen LogP contribution in [0, 0.1) is 24.7 Å². The molecule has 0 atom stereocenters. The van der Waals surface area contributed by atoms with E-state index in [1.165, 1.54) is 54.6 Å². The van der Waals surface area contributed by atoms with Crippen LogP contribution in [0.2, 0.25) is 0 Å². The molecule has 35 heavy (non-hydrogen) atoms. The van der Waals surface area contributed by atoms with Crippen LogP contribution in [0.4, 0.5) is 5.69 Å². The minimum Gasteiger partial charge on any atom is -0.457 e. The molecule has 0 amide bonds. The lowest BCUT2D eigenvalue weighted by atomic mass is 9.53. The fourth-order valence-corrected chi connectivity index (χ4v) is 8.22. The van der Waals surface area contributed by atoms with Crippen molar-refractivity contribution in [1.82, 2.24) is 4.57 Å². The van der Waals surface area contributed by atoms with Crippen LogP contribution in [0.5, 0.6) is 11.5 Å². The van der Waals surface area contributed by atoms with Crippen LogP contribution in [-0.2, 0) is 13.0 Å². The monoisotopic (exact) mass is 487 g/mol. The van der Waals surface area contributed by atoms with E-state index in [1.54, 1.807) is 0 Å². The van der Waals surface area contributed by atoms with Crippen molar-refractivity contribution in [3.8, 4) is 11.5 Å². The van der Waals surface area contributed by atoms with Gasteiger partial charge in [0.05, 0.1) is 5.54 Å². The van der Waals surface area contributed by atoms with E-state index >= 15 is 0 Å². The fourth-order valence-electron chi connectivity index (χ4n) is 7.11. The SMILES string of the molecule is CCn1c(CCNc2ccc(Oc3ccc(C)cc3)cc2)csc1=NC12CC3CC(CC(C3)C1)C2. The summed E-state index contributed by atoms with van der Waals surface area (Å²) in [6.45, 7) is 6.25. The highest BCUT2D eigenvalue weighted by Gasteiger charge is 2.51. The average Bonchev–Trinajstić information content (AvgIpc) is 3.21. The van der Waals surface area contributed by atoms with Gasteiger partial charge in [0.25, 0.3) is 0 Å². The summed E-state index contributed by atoms with van der Waals surface area (Å²) in [7, 11) is 0. The predicted octanol–water partition coefficient (Wildman–Crippen LogP) is 7.19. The van der Waals surface area contributed by atoms with Gasteiger partial charge in [-0.2, -0.15) is 0 Å². The van der Waals surface area contributed by atoms with E-state index in [-0.39, 0.29) is 5.54 Å². The molecule has 0 radical (unpaired) electrons. The number of anilines is 1. The van der Waals surface area contributed by atoms with Gasteiger partial charge in [-0.15, -0.1) is 11.3 Å². The van der Waals surface area contributed by atoms with E-state index in [9.17, 15) is 0 Å². The molecule has 0 saturated heterocycles. The molecule has 1 aromatic heterocycles. The van der Waals surface area contributed by atoms with Crippen LogP contribution < -0.4 is 14.9 Å². The summed E-state index contributed by atoms with van der Waals surface area (Å²) in [5, 5.41) is 5.92. The first-order valence-electron chi connectivity index (χ1n) is 13.4. The van der Waals surface area contributed by atoms with Gasteiger partial charge in [0.1, 0.15) is 11.5 Å². The highest BCUT2D eigenvalue weighted by atomic mass is 32.1. The van der Waals surface area contributed by atoms with Gasteiger partial charge in [-0.1, -0.05) is 17.7 Å². The number of rotatable bonds is 8. The Balaban J connectivity index is 1.08. The van der Waals surface area contributed by atoms with Crippen molar-refractivity contribution < 1.29 is 4.74 Å². The van der Waals surface area contributed by atoms with Crippen LogP contribution in [0.25, 0.3) is 0 Å². The third-order valence-corrected chi connectivity index (χ3v) is 9.27. The second kappa shape index (κ2) is 9.50.